The number of carbonyl (C=O) groups excluding carboxylic acids is 1. The molecule has 0 saturated carbocycles. The summed E-state index contributed by atoms with van der Waals surface area (Å²) in [6.45, 7) is 5.57. The molecule has 0 spiro atoms. The van der Waals surface area contributed by atoms with Crippen molar-refractivity contribution in [3.8, 4) is 5.75 Å². The molecule has 0 aliphatic carbocycles. The fourth-order valence-corrected chi connectivity index (χ4v) is 4.09. The first-order chi connectivity index (χ1) is 15.6. The van der Waals surface area contributed by atoms with Gasteiger partial charge in [-0.3, -0.25) is 9.69 Å². The maximum Gasteiger partial charge on any atom is 0.242 e. The number of ether oxygens (including phenoxy) is 1. The summed E-state index contributed by atoms with van der Waals surface area (Å²) in [6, 6.07) is 4.53. The molecular formula is C21H29FN8O2. The summed E-state index contributed by atoms with van der Waals surface area (Å²) in [5.74, 6) is 0.482. The van der Waals surface area contributed by atoms with Crippen LogP contribution in [0, 0.1) is 5.82 Å². The highest BCUT2D eigenvalue weighted by molar-refractivity contribution is 5.86. The third-order valence-corrected chi connectivity index (χ3v) is 5.80. The Hall–Kier alpha value is -3.21. The molecule has 4 N–H and O–H groups in total. The Labute approximate surface area is 186 Å². The van der Waals surface area contributed by atoms with Gasteiger partial charge in [-0.1, -0.05) is 6.92 Å². The van der Waals surface area contributed by atoms with E-state index in [0.29, 0.717) is 37.2 Å². The minimum atomic E-state index is -0.494. The number of benzene rings is 1. The van der Waals surface area contributed by atoms with Crippen molar-refractivity contribution in [2.45, 2.75) is 38.3 Å². The lowest BCUT2D eigenvalue weighted by atomic mass is 10.2. The second-order valence-electron chi connectivity index (χ2n) is 7.86. The van der Waals surface area contributed by atoms with Crippen molar-refractivity contribution in [1.29, 1.82) is 0 Å². The Bertz CT molecular complexity index is 959. The van der Waals surface area contributed by atoms with Gasteiger partial charge in [0, 0.05) is 30.9 Å². The van der Waals surface area contributed by atoms with Gasteiger partial charge in [0.1, 0.15) is 6.04 Å². The number of hydrogen-bond acceptors (Lipinski definition) is 9. The smallest absolute Gasteiger partial charge is 0.242 e. The number of hydrogen-bond donors (Lipinski definition) is 4. The van der Waals surface area contributed by atoms with Gasteiger partial charge in [-0.05, 0) is 44.5 Å². The molecule has 1 amide bonds. The van der Waals surface area contributed by atoms with Gasteiger partial charge in [-0.15, -0.1) is 0 Å². The maximum atomic E-state index is 14.1. The van der Waals surface area contributed by atoms with Crippen molar-refractivity contribution in [2.75, 3.05) is 49.2 Å². The summed E-state index contributed by atoms with van der Waals surface area (Å²) in [4.78, 5) is 27.7. The van der Waals surface area contributed by atoms with Crippen LogP contribution in [0.5, 0.6) is 5.75 Å². The summed E-state index contributed by atoms with van der Waals surface area (Å²) < 4.78 is 19.1. The van der Waals surface area contributed by atoms with E-state index in [9.17, 15) is 9.18 Å². The number of aromatic nitrogens is 3. The van der Waals surface area contributed by atoms with Crippen molar-refractivity contribution in [3.05, 3.63) is 24.0 Å². The van der Waals surface area contributed by atoms with Crippen LogP contribution >= 0.6 is 0 Å². The Morgan fingerprint density at radius 2 is 2.03 bits per heavy atom. The number of amides is 1. The highest BCUT2D eigenvalue weighted by atomic mass is 19.1. The zero-order valence-electron chi connectivity index (χ0n) is 18.3. The Kier molecular flexibility index (Phi) is 6.84. The molecule has 2 unspecified atom stereocenters. The third kappa shape index (κ3) is 5.16. The molecule has 1 aromatic carbocycles. The minimum Gasteiger partial charge on any atom is -0.494 e. The first-order valence-electron chi connectivity index (χ1n) is 10.9. The predicted octanol–water partition coefficient (Wildman–Crippen LogP) is 1.96. The third-order valence-electron chi connectivity index (χ3n) is 5.80. The SMILES string of the molecule is CCN1CCCC1CNc1nc(Nc2ccc(OC)c(F)c2)nc(NC2CCNC2=O)n1. The van der Waals surface area contributed by atoms with E-state index >= 15 is 0 Å². The topological polar surface area (TPSA) is 116 Å². The van der Waals surface area contributed by atoms with Crippen molar-refractivity contribution in [1.82, 2.24) is 25.2 Å². The molecule has 3 heterocycles. The number of nitrogens with one attached hydrogen (secondary N) is 4. The molecule has 11 heteroatoms. The van der Waals surface area contributed by atoms with Gasteiger partial charge in [0.05, 0.1) is 7.11 Å². The van der Waals surface area contributed by atoms with Crippen molar-refractivity contribution in [2.24, 2.45) is 0 Å². The van der Waals surface area contributed by atoms with E-state index in [1.807, 2.05) is 0 Å². The van der Waals surface area contributed by atoms with Gasteiger partial charge in [0.25, 0.3) is 0 Å². The number of likely N-dealkylation sites (N-methyl/N-ethyl adjacent to an activating group) is 1. The molecule has 2 aliphatic rings. The normalized spacial score (nSPS) is 20.8. The number of halogens is 1. The average Bonchev–Trinajstić information content (AvgIpc) is 3.41. The number of nitrogens with zero attached hydrogens (tertiary/aromatic N) is 4. The van der Waals surface area contributed by atoms with Crippen LogP contribution in [0.1, 0.15) is 26.2 Å². The fraction of sp³-hybridized carbons (Fsp3) is 0.524. The number of rotatable bonds is 9. The van der Waals surface area contributed by atoms with Crippen LogP contribution < -0.4 is 26.0 Å². The number of carbonyl (C=O) groups is 1. The number of anilines is 4. The average molecular weight is 445 g/mol. The monoisotopic (exact) mass is 444 g/mol. The van der Waals surface area contributed by atoms with E-state index in [2.05, 4.69) is 48.0 Å². The highest BCUT2D eigenvalue weighted by Gasteiger charge is 2.26. The fourth-order valence-electron chi connectivity index (χ4n) is 4.09. The molecule has 1 aromatic heterocycles. The van der Waals surface area contributed by atoms with Crippen molar-refractivity contribution in [3.63, 3.8) is 0 Å². The van der Waals surface area contributed by atoms with Crippen LogP contribution in [0.3, 0.4) is 0 Å². The molecule has 0 bridgehead atoms. The van der Waals surface area contributed by atoms with E-state index in [4.69, 9.17) is 4.74 Å². The molecule has 32 heavy (non-hydrogen) atoms. The van der Waals surface area contributed by atoms with E-state index in [-0.39, 0.29) is 23.6 Å². The van der Waals surface area contributed by atoms with Crippen LogP contribution in [0.2, 0.25) is 0 Å². The molecule has 0 radical (unpaired) electrons. The quantitative estimate of drug-likeness (QED) is 0.460. The second kappa shape index (κ2) is 9.94. The van der Waals surface area contributed by atoms with Gasteiger partial charge in [0.2, 0.25) is 23.8 Å². The summed E-state index contributed by atoms with van der Waals surface area (Å²) >= 11 is 0. The first-order valence-corrected chi connectivity index (χ1v) is 10.9. The first kappa shape index (κ1) is 22.0. The van der Waals surface area contributed by atoms with Gasteiger partial charge < -0.3 is 26.0 Å². The molecule has 172 valence electrons. The molecule has 2 aliphatic heterocycles. The molecule has 2 fully saturated rings. The van der Waals surface area contributed by atoms with Gasteiger partial charge in [0.15, 0.2) is 11.6 Å². The van der Waals surface area contributed by atoms with Gasteiger partial charge in [-0.25, -0.2) is 4.39 Å². The number of methoxy groups -OCH3 is 1. The van der Waals surface area contributed by atoms with Gasteiger partial charge in [-0.2, -0.15) is 15.0 Å². The summed E-state index contributed by atoms with van der Waals surface area (Å²) in [5, 5.41) is 12.2. The Morgan fingerprint density at radius 1 is 1.22 bits per heavy atom. The van der Waals surface area contributed by atoms with E-state index in [0.717, 1.165) is 19.5 Å². The summed E-state index contributed by atoms with van der Waals surface area (Å²) in [6.07, 6.45) is 2.94. The van der Waals surface area contributed by atoms with E-state index in [1.165, 1.54) is 25.7 Å². The van der Waals surface area contributed by atoms with Crippen molar-refractivity contribution >= 4 is 29.4 Å². The van der Waals surface area contributed by atoms with Crippen LogP contribution in [0.4, 0.5) is 27.9 Å². The zero-order valence-corrected chi connectivity index (χ0v) is 18.3. The minimum absolute atomic E-state index is 0.0869. The Morgan fingerprint density at radius 3 is 2.75 bits per heavy atom. The molecule has 2 aromatic rings. The number of likely N-dealkylation sites (tertiary alicyclic amines) is 1. The lowest BCUT2D eigenvalue weighted by Crippen LogP contribution is -2.35. The van der Waals surface area contributed by atoms with Crippen LogP contribution in [-0.2, 0) is 4.79 Å². The van der Waals surface area contributed by atoms with Crippen LogP contribution in [0.15, 0.2) is 18.2 Å². The van der Waals surface area contributed by atoms with Crippen LogP contribution in [-0.4, -0.2) is 71.1 Å². The Balaban J connectivity index is 1.53. The van der Waals surface area contributed by atoms with Crippen molar-refractivity contribution < 1.29 is 13.9 Å². The molecule has 2 saturated heterocycles. The lowest BCUT2D eigenvalue weighted by molar-refractivity contribution is -0.119. The van der Waals surface area contributed by atoms with Crippen LogP contribution in [0.25, 0.3) is 0 Å². The second-order valence-corrected chi connectivity index (χ2v) is 7.86. The highest BCUT2D eigenvalue weighted by Crippen LogP contribution is 2.24. The zero-order chi connectivity index (χ0) is 22.5. The molecule has 10 nitrogen and oxygen atoms in total. The summed E-state index contributed by atoms with van der Waals surface area (Å²) in [5.41, 5.74) is 0.470. The molecule has 2 atom stereocenters. The standard InChI is InChI=1S/C21H29FN8O2/c1-3-30-10-4-5-14(30)12-24-19-27-20(25-13-6-7-17(32-2)15(22)11-13)29-21(28-19)26-16-8-9-23-18(16)31/h6-7,11,14,16H,3-5,8-10,12H2,1-2H3,(H,23,31)(H3,24,25,26,27,28,29). The van der Waals surface area contributed by atoms with E-state index in [1.54, 1.807) is 6.07 Å². The lowest BCUT2D eigenvalue weighted by Gasteiger charge is -2.23. The summed E-state index contributed by atoms with van der Waals surface area (Å²) in [7, 11) is 1.41. The maximum absolute atomic E-state index is 14.1. The molecular weight excluding hydrogens is 415 g/mol. The largest absolute Gasteiger partial charge is 0.494 e. The molecule has 4 rings (SSSR count). The van der Waals surface area contributed by atoms with E-state index < -0.39 is 11.9 Å². The van der Waals surface area contributed by atoms with Gasteiger partial charge >= 0.3 is 0 Å². The predicted molar refractivity (Wildman–Crippen MR) is 120 cm³/mol.